The van der Waals surface area contributed by atoms with Crippen molar-refractivity contribution in [2.75, 3.05) is 12.4 Å². The van der Waals surface area contributed by atoms with Gasteiger partial charge in [0.1, 0.15) is 11.4 Å². The molecule has 0 saturated heterocycles. The molecule has 0 saturated carbocycles. The van der Waals surface area contributed by atoms with Gasteiger partial charge in [-0.2, -0.15) is 5.10 Å². The van der Waals surface area contributed by atoms with E-state index in [-0.39, 0.29) is 17.0 Å². The minimum Gasteiger partial charge on any atom is -0.496 e. The van der Waals surface area contributed by atoms with Gasteiger partial charge in [-0.1, -0.05) is 32.9 Å². The predicted molar refractivity (Wildman–Crippen MR) is 115 cm³/mol. The summed E-state index contributed by atoms with van der Waals surface area (Å²) in [6.07, 6.45) is 0. The fraction of sp³-hybridized carbons (Fsp3) is 0.261. The standard InChI is InChI=1S/C23H25N3O4/c1-13-6-8-15(11-16(13)18-12-19(22(28)29)26-25-18)24-21(27)17-10-14(23(2,3)4)7-9-20(17)30-5/h6-12H,1-5H3,(H,24,27)(H,25,26)(H,28,29). The fourth-order valence-corrected chi connectivity index (χ4v) is 3.10. The van der Waals surface area contributed by atoms with Gasteiger partial charge in [-0.05, 0) is 53.8 Å². The second-order valence-corrected chi connectivity index (χ2v) is 8.12. The lowest BCUT2D eigenvalue weighted by molar-refractivity contribution is 0.0690. The van der Waals surface area contributed by atoms with Crippen molar-refractivity contribution in [1.29, 1.82) is 0 Å². The fourth-order valence-electron chi connectivity index (χ4n) is 3.10. The summed E-state index contributed by atoms with van der Waals surface area (Å²) in [6, 6.07) is 12.5. The van der Waals surface area contributed by atoms with Crippen LogP contribution in [0, 0.1) is 6.92 Å². The highest BCUT2D eigenvalue weighted by Crippen LogP contribution is 2.30. The maximum Gasteiger partial charge on any atom is 0.353 e. The first-order chi connectivity index (χ1) is 14.1. The minimum atomic E-state index is -1.08. The molecule has 1 heterocycles. The maximum absolute atomic E-state index is 13.0. The summed E-state index contributed by atoms with van der Waals surface area (Å²) in [5.74, 6) is -0.881. The van der Waals surface area contributed by atoms with E-state index in [0.717, 1.165) is 16.7 Å². The van der Waals surface area contributed by atoms with Gasteiger partial charge in [-0.3, -0.25) is 9.89 Å². The lowest BCUT2D eigenvalue weighted by atomic mass is 9.86. The Kier molecular flexibility index (Phi) is 5.64. The number of nitrogens with zero attached hydrogens (tertiary/aromatic N) is 1. The molecule has 0 atom stereocenters. The van der Waals surface area contributed by atoms with Crippen molar-refractivity contribution in [3.63, 3.8) is 0 Å². The third-order valence-corrected chi connectivity index (χ3v) is 4.89. The molecule has 1 amide bonds. The summed E-state index contributed by atoms with van der Waals surface area (Å²) in [7, 11) is 1.53. The number of anilines is 1. The third-order valence-electron chi connectivity index (χ3n) is 4.89. The summed E-state index contributed by atoms with van der Waals surface area (Å²) in [4.78, 5) is 24.1. The van der Waals surface area contributed by atoms with Crippen molar-refractivity contribution in [2.24, 2.45) is 0 Å². The van der Waals surface area contributed by atoms with Crippen LogP contribution in [0.3, 0.4) is 0 Å². The number of ether oxygens (including phenoxy) is 1. The molecule has 0 unspecified atom stereocenters. The number of benzene rings is 2. The molecular formula is C23H25N3O4. The van der Waals surface area contributed by atoms with Crippen LogP contribution in [0.4, 0.5) is 5.69 Å². The third kappa shape index (κ3) is 4.35. The topological polar surface area (TPSA) is 104 Å². The Bertz CT molecular complexity index is 1110. The van der Waals surface area contributed by atoms with Crippen LogP contribution in [0.5, 0.6) is 5.75 Å². The van der Waals surface area contributed by atoms with Crippen molar-refractivity contribution < 1.29 is 19.4 Å². The Morgan fingerprint density at radius 1 is 1.10 bits per heavy atom. The Morgan fingerprint density at radius 2 is 1.83 bits per heavy atom. The first kappa shape index (κ1) is 21.1. The molecule has 1 aromatic heterocycles. The van der Waals surface area contributed by atoms with Crippen molar-refractivity contribution in [3.05, 3.63) is 64.8 Å². The average Bonchev–Trinajstić information content (AvgIpc) is 3.18. The Morgan fingerprint density at radius 3 is 2.43 bits per heavy atom. The lowest BCUT2D eigenvalue weighted by Gasteiger charge is -2.21. The number of aromatic nitrogens is 2. The van der Waals surface area contributed by atoms with Crippen LogP contribution in [0.25, 0.3) is 11.3 Å². The molecule has 0 radical (unpaired) electrons. The van der Waals surface area contributed by atoms with Gasteiger partial charge in [0.05, 0.1) is 18.4 Å². The number of methoxy groups -OCH3 is 1. The molecule has 3 aromatic rings. The van der Waals surface area contributed by atoms with E-state index in [1.54, 1.807) is 18.2 Å². The number of H-pyrrole nitrogens is 1. The molecule has 3 N–H and O–H groups in total. The van der Waals surface area contributed by atoms with Crippen LogP contribution < -0.4 is 10.1 Å². The number of carbonyl (C=O) groups is 2. The summed E-state index contributed by atoms with van der Waals surface area (Å²) in [6.45, 7) is 8.14. The predicted octanol–water partition coefficient (Wildman–Crippen LogP) is 4.64. The van der Waals surface area contributed by atoms with Crippen LogP contribution in [-0.4, -0.2) is 34.3 Å². The van der Waals surface area contributed by atoms with Gasteiger partial charge in [0.2, 0.25) is 0 Å². The number of carboxylic acid groups (broad SMARTS) is 1. The molecule has 2 aromatic carbocycles. The van der Waals surface area contributed by atoms with E-state index in [2.05, 4.69) is 36.3 Å². The Balaban J connectivity index is 1.93. The molecule has 0 aliphatic rings. The molecule has 0 bridgehead atoms. The second kappa shape index (κ2) is 8.02. The van der Waals surface area contributed by atoms with E-state index in [1.165, 1.54) is 13.2 Å². The van der Waals surface area contributed by atoms with Crippen LogP contribution in [0.2, 0.25) is 0 Å². The number of aromatic amines is 1. The zero-order valence-electron chi connectivity index (χ0n) is 17.7. The number of aromatic carboxylic acids is 1. The van der Waals surface area contributed by atoms with Gasteiger partial charge >= 0.3 is 5.97 Å². The number of aryl methyl sites for hydroxylation is 1. The van der Waals surface area contributed by atoms with Gasteiger partial charge in [-0.15, -0.1) is 0 Å². The second-order valence-electron chi connectivity index (χ2n) is 8.12. The minimum absolute atomic E-state index is 0.00238. The van der Waals surface area contributed by atoms with Gasteiger partial charge in [0, 0.05) is 11.3 Å². The average molecular weight is 407 g/mol. The molecule has 156 valence electrons. The molecule has 3 rings (SSSR count). The highest BCUT2D eigenvalue weighted by Gasteiger charge is 2.20. The number of carbonyl (C=O) groups excluding carboxylic acids is 1. The lowest BCUT2D eigenvalue weighted by Crippen LogP contribution is -2.17. The molecular weight excluding hydrogens is 382 g/mol. The van der Waals surface area contributed by atoms with Gasteiger partial charge < -0.3 is 15.2 Å². The number of rotatable bonds is 5. The number of amides is 1. The normalized spacial score (nSPS) is 11.2. The van der Waals surface area contributed by atoms with Crippen LogP contribution in [0.1, 0.15) is 52.7 Å². The van der Waals surface area contributed by atoms with Gasteiger partial charge in [0.25, 0.3) is 5.91 Å². The molecule has 0 aliphatic heterocycles. The summed E-state index contributed by atoms with van der Waals surface area (Å²) >= 11 is 0. The van der Waals surface area contributed by atoms with E-state index in [1.807, 2.05) is 25.1 Å². The van der Waals surface area contributed by atoms with Crippen molar-refractivity contribution in [2.45, 2.75) is 33.1 Å². The maximum atomic E-state index is 13.0. The highest BCUT2D eigenvalue weighted by atomic mass is 16.5. The number of carboxylic acids is 1. The molecule has 0 fully saturated rings. The van der Waals surface area contributed by atoms with E-state index in [0.29, 0.717) is 22.7 Å². The molecule has 7 nitrogen and oxygen atoms in total. The quantitative estimate of drug-likeness (QED) is 0.571. The Labute approximate surface area is 175 Å². The SMILES string of the molecule is COc1ccc(C(C)(C)C)cc1C(=O)Nc1ccc(C)c(-c2cc(C(=O)O)[nH]n2)c1. The van der Waals surface area contributed by atoms with Crippen molar-refractivity contribution in [1.82, 2.24) is 10.2 Å². The summed E-state index contributed by atoms with van der Waals surface area (Å²) in [5, 5.41) is 18.6. The van der Waals surface area contributed by atoms with Gasteiger partial charge in [0.15, 0.2) is 0 Å². The van der Waals surface area contributed by atoms with Crippen molar-refractivity contribution in [3.8, 4) is 17.0 Å². The molecule has 0 aliphatic carbocycles. The number of hydrogen-bond acceptors (Lipinski definition) is 4. The van der Waals surface area contributed by atoms with E-state index in [9.17, 15) is 9.59 Å². The van der Waals surface area contributed by atoms with Crippen LogP contribution in [-0.2, 0) is 5.41 Å². The molecule has 7 heteroatoms. The highest BCUT2D eigenvalue weighted by molar-refractivity contribution is 6.06. The first-order valence-electron chi connectivity index (χ1n) is 9.49. The van der Waals surface area contributed by atoms with E-state index >= 15 is 0 Å². The van der Waals surface area contributed by atoms with Gasteiger partial charge in [-0.25, -0.2) is 4.79 Å². The first-order valence-corrected chi connectivity index (χ1v) is 9.49. The summed E-state index contributed by atoms with van der Waals surface area (Å²) in [5.41, 5.74) is 4.06. The van der Waals surface area contributed by atoms with Crippen LogP contribution >= 0.6 is 0 Å². The number of hydrogen-bond donors (Lipinski definition) is 3. The largest absolute Gasteiger partial charge is 0.496 e. The smallest absolute Gasteiger partial charge is 0.353 e. The van der Waals surface area contributed by atoms with E-state index in [4.69, 9.17) is 9.84 Å². The molecule has 0 spiro atoms. The summed E-state index contributed by atoms with van der Waals surface area (Å²) < 4.78 is 5.38. The zero-order chi connectivity index (χ0) is 22.1. The van der Waals surface area contributed by atoms with E-state index < -0.39 is 5.97 Å². The van der Waals surface area contributed by atoms with Crippen molar-refractivity contribution >= 4 is 17.6 Å². The zero-order valence-corrected chi connectivity index (χ0v) is 17.7. The monoisotopic (exact) mass is 407 g/mol. The number of nitrogens with one attached hydrogen (secondary N) is 2. The van der Waals surface area contributed by atoms with Crippen LogP contribution in [0.15, 0.2) is 42.5 Å². The Hall–Kier alpha value is -3.61. The molecule has 30 heavy (non-hydrogen) atoms.